The summed E-state index contributed by atoms with van der Waals surface area (Å²) in [5.74, 6) is 2.09. The van der Waals surface area contributed by atoms with Crippen LogP contribution in [-0.4, -0.2) is 29.9 Å². The van der Waals surface area contributed by atoms with Gasteiger partial charge < -0.3 is 13.3 Å². The molecule has 6 aromatic heterocycles. The van der Waals surface area contributed by atoms with Crippen molar-refractivity contribution < 1.29 is 13.3 Å². The minimum atomic E-state index is -0.0924. The van der Waals surface area contributed by atoms with Crippen molar-refractivity contribution in [2.45, 2.75) is 57.8 Å². The van der Waals surface area contributed by atoms with Gasteiger partial charge in [0.2, 0.25) is 0 Å². The van der Waals surface area contributed by atoms with Crippen LogP contribution in [0.5, 0.6) is 0 Å². The molecule has 9 heteroatoms. The van der Waals surface area contributed by atoms with E-state index in [0.29, 0.717) is 23.1 Å². The lowest BCUT2D eigenvalue weighted by atomic mass is 9.79. The highest BCUT2D eigenvalue weighted by Gasteiger charge is 2.40. The average Bonchev–Trinajstić information content (AvgIpc) is 1.56. The Kier molecular flexibility index (Phi) is 15.8. The van der Waals surface area contributed by atoms with E-state index in [9.17, 15) is 0 Å². The number of furan rings is 3. The lowest BCUT2D eigenvalue weighted by Gasteiger charge is -2.23. The Hall–Kier alpha value is -15.1. The first-order valence-corrected chi connectivity index (χ1v) is 41.1. The number of aromatic nitrogens is 6. The van der Waals surface area contributed by atoms with Gasteiger partial charge in [-0.15, -0.1) is 0 Å². The summed E-state index contributed by atoms with van der Waals surface area (Å²) >= 11 is 0. The molecule has 568 valence electrons. The van der Waals surface area contributed by atoms with E-state index in [2.05, 4.69) is 284 Å². The molecule has 0 bridgehead atoms. The second kappa shape index (κ2) is 27.0. The standard InChI is InChI=1S/C41H28N2O.2C35H24N2O/c1-41(2)34-17-8-6-13-30(34)32-24-23-29-28(15-10-16-31(29)36(32)41)25-19-21-27(22-20-25)40-42-37(26-11-4-3-5-12-26)39-38(43-40)33-14-7-9-18-35(33)44-39;1-35(2)28-14-8-6-12-25(28)26-19-16-22-20-23(17-18-24(22)30(26)35)34-36-31(21-10-4-3-5-11-21)33-32(37-34)27-13-7-9-15-29(27)38-33;1-35(2)28-14-8-6-12-24(28)25-19-18-21-16-17-23(20-27(21)30(25)35)34-36-31(22-10-4-3-5-11-22)33-32(37-34)26-13-7-9-15-29(26)38-33/h3-24H,1-2H3;2*3-20H,1-2H3. The molecule has 0 aliphatic heterocycles. The van der Waals surface area contributed by atoms with Gasteiger partial charge in [-0.05, 0) is 159 Å². The van der Waals surface area contributed by atoms with Crippen LogP contribution < -0.4 is 0 Å². The lowest BCUT2D eigenvalue weighted by molar-refractivity contribution is 0.666. The van der Waals surface area contributed by atoms with Gasteiger partial charge in [-0.3, -0.25) is 0 Å². The maximum atomic E-state index is 6.30. The Morgan fingerprint density at radius 1 is 0.200 bits per heavy atom. The molecule has 0 radical (unpaired) electrons. The first kappa shape index (κ1) is 70.4. The largest absolute Gasteiger partial charge is 0.452 e. The smallest absolute Gasteiger partial charge is 0.180 e. The van der Waals surface area contributed by atoms with Gasteiger partial charge in [-0.25, -0.2) is 29.9 Å². The summed E-state index contributed by atoms with van der Waals surface area (Å²) < 4.78 is 18.9. The normalized spacial score (nSPS) is 13.6. The van der Waals surface area contributed by atoms with Crippen LogP contribution in [0.2, 0.25) is 0 Å². The van der Waals surface area contributed by atoms with Gasteiger partial charge in [0.15, 0.2) is 34.2 Å². The molecule has 25 rings (SSSR count). The molecule has 0 atom stereocenters. The number of para-hydroxylation sites is 3. The molecule has 3 aliphatic carbocycles. The van der Waals surface area contributed by atoms with Gasteiger partial charge >= 0.3 is 0 Å². The fourth-order valence-corrected chi connectivity index (χ4v) is 19.8. The third-order valence-corrected chi connectivity index (χ3v) is 25.4. The van der Waals surface area contributed by atoms with Crippen LogP contribution in [-0.2, 0) is 16.2 Å². The summed E-state index contributed by atoms with van der Waals surface area (Å²) in [5.41, 5.74) is 34.1. The SMILES string of the molecule is CC1(C)c2ccccc2-c2ccc3c(-c4ccc(-c5nc(-c6ccccc6)c6oc7ccccc7c6n5)cc4)cccc3c21.CC1(C)c2ccccc2-c2ccc3cc(-c4nc(-c5ccccc5)c5oc6ccccc6c5n4)ccc3c21.CC1(C)c2ccccc2-c2ccc3ccc(-c4nc(-c5ccccc5)c5oc6ccccc6c5n4)cc3c21. The predicted octanol–water partition coefficient (Wildman–Crippen LogP) is 29.2. The third kappa shape index (κ3) is 11.0. The van der Waals surface area contributed by atoms with E-state index in [1.54, 1.807) is 0 Å². The molecule has 0 amide bonds. The summed E-state index contributed by atoms with van der Waals surface area (Å²) in [6, 6.07) is 124. The number of nitrogens with zero attached hydrogens (tertiary/aromatic N) is 6. The zero-order valence-corrected chi connectivity index (χ0v) is 66.9. The topological polar surface area (TPSA) is 117 Å². The van der Waals surface area contributed by atoms with Crippen molar-refractivity contribution in [3.8, 4) is 112 Å². The second-order valence-corrected chi connectivity index (χ2v) is 33.4. The molecule has 6 heterocycles. The summed E-state index contributed by atoms with van der Waals surface area (Å²) in [7, 11) is 0. The molecule has 22 aromatic rings. The summed E-state index contributed by atoms with van der Waals surface area (Å²) in [6.07, 6.45) is 0. The number of benzene rings is 16. The number of rotatable bonds is 7. The molecular formula is C111H76N6O3. The molecule has 16 aromatic carbocycles. The molecule has 0 fully saturated rings. The Morgan fingerprint density at radius 3 is 0.992 bits per heavy atom. The fourth-order valence-electron chi connectivity index (χ4n) is 19.8. The van der Waals surface area contributed by atoms with Crippen LogP contribution in [0.15, 0.2) is 365 Å². The van der Waals surface area contributed by atoms with E-state index in [-0.39, 0.29) is 16.2 Å². The van der Waals surface area contributed by atoms with Crippen LogP contribution in [0, 0.1) is 0 Å². The van der Waals surface area contributed by atoms with E-state index in [4.69, 9.17) is 43.2 Å². The van der Waals surface area contributed by atoms with E-state index >= 15 is 0 Å². The van der Waals surface area contributed by atoms with Crippen LogP contribution in [0.1, 0.15) is 74.9 Å². The molecule has 0 saturated carbocycles. The van der Waals surface area contributed by atoms with Gasteiger partial charge in [0.1, 0.15) is 50.4 Å². The highest BCUT2D eigenvalue weighted by Crippen LogP contribution is 2.56. The highest BCUT2D eigenvalue weighted by molar-refractivity contribution is 6.11. The van der Waals surface area contributed by atoms with Crippen LogP contribution in [0.3, 0.4) is 0 Å². The fraction of sp³-hybridized carbons (Fsp3) is 0.0811. The van der Waals surface area contributed by atoms with Crippen LogP contribution in [0.4, 0.5) is 0 Å². The van der Waals surface area contributed by atoms with E-state index in [1.807, 2.05) is 109 Å². The minimum absolute atomic E-state index is 0.0570. The van der Waals surface area contributed by atoms with E-state index in [0.717, 1.165) is 111 Å². The maximum absolute atomic E-state index is 6.30. The zero-order chi connectivity index (χ0) is 80.3. The molecule has 3 aliphatic rings. The van der Waals surface area contributed by atoms with E-state index < -0.39 is 0 Å². The van der Waals surface area contributed by atoms with Gasteiger partial charge in [0, 0.05) is 65.8 Å². The van der Waals surface area contributed by atoms with Crippen LogP contribution in [0.25, 0.3) is 211 Å². The molecule has 120 heavy (non-hydrogen) atoms. The molecule has 0 N–H and O–H groups in total. The third-order valence-electron chi connectivity index (χ3n) is 25.4. The van der Waals surface area contributed by atoms with Crippen molar-refractivity contribution in [1.82, 2.24) is 29.9 Å². The Balaban J connectivity index is 0.000000105. The quantitative estimate of drug-likeness (QED) is 0.154. The van der Waals surface area contributed by atoms with Gasteiger partial charge in [-0.2, -0.15) is 0 Å². The van der Waals surface area contributed by atoms with Crippen molar-refractivity contribution in [3.63, 3.8) is 0 Å². The monoisotopic (exact) mass is 1540 g/mol. The van der Waals surface area contributed by atoms with Gasteiger partial charge in [0.25, 0.3) is 0 Å². The first-order chi connectivity index (χ1) is 58.8. The summed E-state index contributed by atoms with van der Waals surface area (Å²) in [5, 5.41) is 10.5. The molecular weight excluding hydrogens is 1470 g/mol. The minimum Gasteiger partial charge on any atom is -0.452 e. The molecule has 9 nitrogen and oxygen atoms in total. The van der Waals surface area contributed by atoms with E-state index in [1.165, 1.54) is 110 Å². The summed E-state index contributed by atoms with van der Waals surface area (Å²) in [4.78, 5) is 30.4. The van der Waals surface area contributed by atoms with Crippen molar-refractivity contribution in [2.75, 3.05) is 0 Å². The molecule has 0 saturated heterocycles. The predicted molar refractivity (Wildman–Crippen MR) is 491 cm³/mol. The number of hydrogen-bond acceptors (Lipinski definition) is 9. The summed E-state index contributed by atoms with van der Waals surface area (Å²) in [6.45, 7) is 14.0. The number of fused-ring (bicyclic) bond motifs is 24. The Bertz CT molecular complexity index is 7990. The number of hydrogen-bond donors (Lipinski definition) is 0. The molecule has 0 unspecified atom stereocenters. The highest BCUT2D eigenvalue weighted by atomic mass is 16.3. The van der Waals surface area contributed by atoms with Crippen molar-refractivity contribution in [1.29, 1.82) is 0 Å². The second-order valence-electron chi connectivity index (χ2n) is 33.4. The Labute approximate surface area is 692 Å². The van der Waals surface area contributed by atoms with Crippen molar-refractivity contribution in [2.24, 2.45) is 0 Å². The van der Waals surface area contributed by atoms with Gasteiger partial charge in [0.05, 0.1) is 0 Å². The Morgan fingerprint density at radius 2 is 0.525 bits per heavy atom. The van der Waals surface area contributed by atoms with Gasteiger partial charge in [-0.1, -0.05) is 345 Å². The zero-order valence-electron chi connectivity index (χ0n) is 66.9. The average molecular weight is 1540 g/mol. The lowest BCUT2D eigenvalue weighted by Crippen LogP contribution is -2.15. The maximum Gasteiger partial charge on any atom is 0.180 e. The first-order valence-electron chi connectivity index (χ1n) is 41.1. The van der Waals surface area contributed by atoms with Crippen LogP contribution >= 0.6 is 0 Å². The van der Waals surface area contributed by atoms with Crippen molar-refractivity contribution >= 4 is 98.5 Å². The molecule has 0 spiro atoms. The van der Waals surface area contributed by atoms with Crippen molar-refractivity contribution in [3.05, 3.63) is 385 Å².